The summed E-state index contributed by atoms with van der Waals surface area (Å²) in [7, 11) is 3.10. The number of benzene rings is 2. The predicted octanol–water partition coefficient (Wildman–Crippen LogP) is 2.97. The summed E-state index contributed by atoms with van der Waals surface area (Å²) in [5.74, 6) is 2.35. The molecule has 0 spiro atoms. The van der Waals surface area contributed by atoms with Crippen LogP contribution in [0.5, 0.6) is 23.0 Å². The van der Waals surface area contributed by atoms with Gasteiger partial charge in [-0.1, -0.05) is 6.07 Å². The van der Waals surface area contributed by atoms with Gasteiger partial charge in [0, 0.05) is 11.6 Å². The van der Waals surface area contributed by atoms with Crippen molar-refractivity contribution < 1.29 is 23.7 Å². The van der Waals surface area contributed by atoms with E-state index < -0.39 is 0 Å². The minimum absolute atomic E-state index is 0.194. The monoisotopic (exact) mass is 343 g/mol. The van der Waals surface area contributed by atoms with Crippen molar-refractivity contribution in [2.45, 2.75) is 13.0 Å². The van der Waals surface area contributed by atoms with Crippen LogP contribution in [0.2, 0.25) is 0 Å². The van der Waals surface area contributed by atoms with E-state index in [2.05, 4.69) is 5.32 Å². The van der Waals surface area contributed by atoms with Gasteiger partial charge in [0.1, 0.15) is 24.7 Å². The first-order valence-corrected chi connectivity index (χ1v) is 8.04. The van der Waals surface area contributed by atoms with Crippen LogP contribution < -0.4 is 24.3 Å². The molecule has 1 atom stereocenters. The zero-order valence-electron chi connectivity index (χ0n) is 14.5. The van der Waals surface area contributed by atoms with Crippen molar-refractivity contribution in [2.75, 3.05) is 27.4 Å². The van der Waals surface area contributed by atoms with E-state index in [4.69, 9.17) is 18.9 Å². The second kappa shape index (κ2) is 7.34. The summed E-state index contributed by atoms with van der Waals surface area (Å²) in [5, 5.41) is 2.98. The van der Waals surface area contributed by atoms with Crippen LogP contribution in [-0.4, -0.2) is 33.3 Å². The molecule has 0 fully saturated rings. The number of hydrogen-bond donors (Lipinski definition) is 1. The number of fused-ring (bicyclic) bond motifs is 1. The van der Waals surface area contributed by atoms with E-state index in [1.54, 1.807) is 32.4 Å². The molecule has 2 aromatic carbocycles. The van der Waals surface area contributed by atoms with Gasteiger partial charge in [0.05, 0.1) is 20.3 Å². The molecule has 1 aliphatic heterocycles. The molecule has 1 aliphatic rings. The normalized spacial score (nSPS) is 13.7. The van der Waals surface area contributed by atoms with Gasteiger partial charge in [-0.15, -0.1) is 0 Å². The number of rotatable bonds is 5. The van der Waals surface area contributed by atoms with E-state index in [1.165, 1.54) is 0 Å². The molecule has 3 rings (SSSR count). The molecule has 132 valence electrons. The number of amides is 1. The Morgan fingerprint density at radius 2 is 1.64 bits per heavy atom. The van der Waals surface area contributed by atoms with Crippen molar-refractivity contribution in [1.82, 2.24) is 5.32 Å². The average molecular weight is 343 g/mol. The Bertz CT molecular complexity index is 752. The predicted molar refractivity (Wildman–Crippen MR) is 92.9 cm³/mol. The number of ether oxygens (including phenoxy) is 4. The molecule has 0 aliphatic carbocycles. The largest absolute Gasteiger partial charge is 0.497 e. The number of nitrogens with one attached hydrogen (secondary N) is 1. The first kappa shape index (κ1) is 17.0. The van der Waals surface area contributed by atoms with Crippen LogP contribution in [0.15, 0.2) is 36.4 Å². The summed E-state index contributed by atoms with van der Waals surface area (Å²) in [4.78, 5) is 12.6. The Hall–Kier alpha value is -2.89. The van der Waals surface area contributed by atoms with Crippen LogP contribution in [0.1, 0.15) is 28.9 Å². The van der Waals surface area contributed by atoms with E-state index in [0.717, 1.165) is 11.3 Å². The summed E-state index contributed by atoms with van der Waals surface area (Å²) in [6.07, 6.45) is 0. The summed E-state index contributed by atoms with van der Waals surface area (Å²) in [5.41, 5.74) is 1.41. The summed E-state index contributed by atoms with van der Waals surface area (Å²) >= 11 is 0. The van der Waals surface area contributed by atoms with E-state index in [9.17, 15) is 4.79 Å². The number of methoxy groups -OCH3 is 2. The maximum Gasteiger partial charge on any atom is 0.252 e. The first-order valence-electron chi connectivity index (χ1n) is 8.04. The minimum Gasteiger partial charge on any atom is -0.497 e. The van der Waals surface area contributed by atoms with Crippen LogP contribution >= 0.6 is 0 Å². The SMILES string of the molecule is COc1cc(OC)cc(C(=O)N[C@@H](C)c2ccc3c(c2)OCCO3)c1. The first-order chi connectivity index (χ1) is 12.1. The van der Waals surface area contributed by atoms with Crippen molar-refractivity contribution in [3.63, 3.8) is 0 Å². The Morgan fingerprint density at radius 1 is 1.00 bits per heavy atom. The summed E-state index contributed by atoms with van der Waals surface area (Å²) < 4.78 is 21.5. The Balaban J connectivity index is 1.76. The third kappa shape index (κ3) is 3.79. The minimum atomic E-state index is -0.209. The van der Waals surface area contributed by atoms with Crippen LogP contribution in [0, 0.1) is 0 Å². The maximum atomic E-state index is 12.6. The smallest absolute Gasteiger partial charge is 0.252 e. The van der Waals surface area contributed by atoms with Crippen LogP contribution in [-0.2, 0) is 0 Å². The van der Waals surface area contributed by atoms with Crippen LogP contribution in [0.3, 0.4) is 0 Å². The molecule has 2 aromatic rings. The number of carbonyl (C=O) groups excluding carboxylic acids is 1. The van der Waals surface area contributed by atoms with Gasteiger partial charge in [-0.25, -0.2) is 0 Å². The van der Waals surface area contributed by atoms with Gasteiger partial charge in [0.2, 0.25) is 0 Å². The fourth-order valence-electron chi connectivity index (χ4n) is 2.63. The van der Waals surface area contributed by atoms with E-state index >= 15 is 0 Å². The third-order valence-corrected chi connectivity index (χ3v) is 4.03. The van der Waals surface area contributed by atoms with Crippen LogP contribution in [0.25, 0.3) is 0 Å². The fraction of sp³-hybridized carbons (Fsp3) is 0.316. The zero-order chi connectivity index (χ0) is 17.8. The molecule has 6 heteroatoms. The highest BCUT2D eigenvalue weighted by molar-refractivity contribution is 5.95. The van der Waals surface area contributed by atoms with Crippen molar-refractivity contribution in [1.29, 1.82) is 0 Å². The molecule has 0 saturated heterocycles. The summed E-state index contributed by atoms with van der Waals surface area (Å²) in [6, 6.07) is 10.6. The van der Waals surface area contributed by atoms with E-state index in [0.29, 0.717) is 36.0 Å². The van der Waals surface area contributed by atoms with Crippen molar-refractivity contribution in [3.05, 3.63) is 47.5 Å². The lowest BCUT2D eigenvalue weighted by molar-refractivity contribution is 0.0939. The van der Waals surface area contributed by atoms with Gasteiger partial charge < -0.3 is 24.3 Å². The molecule has 0 saturated carbocycles. The second-order valence-electron chi connectivity index (χ2n) is 5.70. The van der Waals surface area contributed by atoms with Crippen molar-refractivity contribution >= 4 is 5.91 Å². The molecule has 1 heterocycles. The highest BCUT2D eigenvalue weighted by Gasteiger charge is 2.17. The molecule has 0 unspecified atom stereocenters. The quantitative estimate of drug-likeness (QED) is 0.904. The molecule has 1 amide bonds. The molecule has 0 aromatic heterocycles. The van der Waals surface area contributed by atoms with Gasteiger partial charge in [-0.3, -0.25) is 4.79 Å². The summed E-state index contributed by atoms with van der Waals surface area (Å²) in [6.45, 7) is 3.00. The Kier molecular flexibility index (Phi) is 4.97. The lowest BCUT2D eigenvalue weighted by atomic mass is 10.1. The third-order valence-electron chi connectivity index (χ3n) is 4.03. The number of carbonyl (C=O) groups is 1. The fourth-order valence-corrected chi connectivity index (χ4v) is 2.63. The molecule has 25 heavy (non-hydrogen) atoms. The molecule has 0 radical (unpaired) electrons. The molecular formula is C19H21NO5. The van der Waals surface area contributed by atoms with E-state index in [-0.39, 0.29) is 11.9 Å². The topological polar surface area (TPSA) is 66.0 Å². The van der Waals surface area contributed by atoms with Gasteiger partial charge in [-0.05, 0) is 36.8 Å². The highest BCUT2D eigenvalue weighted by atomic mass is 16.6. The zero-order valence-corrected chi connectivity index (χ0v) is 14.5. The highest BCUT2D eigenvalue weighted by Crippen LogP contribution is 2.32. The second-order valence-corrected chi connectivity index (χ2v) is 5.70. The average Bonchev–Trinajstić information content (AvgIpc) is 2.66. The Morgan fingerprint density at radius 3 is 2.28 bits per heavy atom. The maximum absolute atomic E-state index is 12.6. The molecular weight excluding hydrogens is 322 g/mol. The van der Waals surface area contributed by atoms with E-state index in [1.807, 2.05) is 25.1 Å². The van der Waals surface area contributed by atoms with Gasteiger partial charge >= 0.3 is 0 Å². The van der Waals surface area contributed by atoms with Crippen LogP contribution in [0.4, 0.5) is 0 Å². The van der Waals surface area contributed by atoms with Gasteiger partial charge in [0.25, 0.3) is 5.91 Å². The lowest BCUT2D eigenvalue weighted by Gasteiger charge is -2.21. The molecule has 0 bridgehead atoms. The van der Waals surface area contributed by atoms with Gasteiger partial charge in [0.15, 0.2) is 11.5 Å². The molecule has 6 nitrogen and oxygen atoms in total. The van der Waals surface area contributed by atoms with Crippen molar-refractivity contribution in [3.8, 4) is 23.0 Å². The lowest BCUT2D eigenvalue weighted by Crippen LogP contribution is -2.27. The van der Waals surface area contributed by atoms with Crippen molar-refractivity contribution in [2.24, 2.45) is 0 Å². The number of hydrogen-bond acceptors (Lipinski definition) is 5. The van der Waals surface area contributed by atoms with Gasteiger partial charge in [-0.2, -0.15) is 0 Å². The molecule has 1 N–H and O–H groups in total. The Labute approximate surface area is 146 Å². The standard InChI is InChI=1S/C19H21NO5/c1-12(13-4-5-17-18(10-13)25-7-6-24-17)20-19(21)14-8-15(22-2)11-16(9-14)23-3/h4-5,8-12H,6-7H2,1-3H3,(H,20,21)/t12-/m0/s1.